The zero-order valence-corrected chi connectivity index (χ0v) is 7.83. The van der Waals surface area contributed by atoms with Crippen LogP contribution in [0.1, 0.15) is 17.3 Å². The number of rotatable bonds is 4. The van der Waals surface area contributed by atoms with E-state index in [1.54, 1.807) is 12.1 Å². The number of benzene rings is 1. The van der Waals surface area contributed by atoms with Gasteiger partial charge >= 0.3 is 5.97 Å². The van der Waals surface area contributed by atoms with Crippen molar-refractivity contribution in [1.82, 2.24) is 0 Å². The molecule has 0 fully saturated rings. The van der Waals surface area contributed by atoms with Crippen LogP contribution in [0.4, 0.5) is 10.1 Å². The topological polar surface area (TPSA) is 49.3 Å². The van der Waals surface area contributed by atoms with E-state index in [0.29, 0.717) is 5.69 Å². The monoisotopic (exact) mass is 197 g/mol. The molecule has 0 saturated carbocycles. The van der Waals surface area contributed by atoms with Crippen molar-refractivity contribution in [1.29, 1.82) is 0 Å². The van der Waals surface area contributed by atoms with Gasteiger partial charge in [0, 0.05) is 12.2 Å². The van der Waals surface area contributed by atoms with E-state index in [-0.39, 0.29) is 12.1 Å². The molecule has 0 spiro atoms. The van der Waals surface area contributed by atoms with Crippen LogP contribution in [0.15, 0.2) is 24.3 Å². The number of carboxylic acids is 1. The third-order valence-corrected chi connectivity index (χ3v) is 1.70. The lowest BCUT2D eigenvalue weighted by Gasteiger charge is -2.07. The standard InChI is InChI=1S/C10H12FNO2/c1-7(11)6-12-9-4-2-3-8(5-9)10(13)14/h2-5,7,12H,6H2,1H3,(H,13,14). The molecule has 1 aromatic rings. The Labute approximate surface area is 81.6 Å². The Morgan fingerprint density at radius 2 is 2.36 bits per heavy atom. The van der Waals surface area contributed by atoms with E-state index in [9.17, 15) is 9.18 Å². The molecule has 0 amide bonds. The summed E-state index contributed by atoms with van der Waals surface area (Å²) >= 11 is 0. The van der Waals surface area contributed by atoms with Crippen LogP contribution in [0.2, 0.25) is 0 Å². The second kappa shape index (κ2) is 4.60. The third-order valence-electron chi connectivity index (χ3n) is 1.70. The van der Waals surface area contributed by atoms with Gasteiger partial charge in [-0.05, 0) is 25.1 Å². The van der Waals surface area contributed by atoms with E-state index in [4.69, 9.17) is 5.11 Å². The Balaban J connectivity index is 2.69. The van der Waals surface area contributed by atoms with Gasteiger partial charge in [0.2, 0.25) is 0 Å². The molecule has 0 aliphatic carbocycles. The highest BCUT2D eigenvalue weighted by molar-refractivity contribution is 5.88. The lowest BCUT2D eigenvalue weighted by Crippen LogP contribution is -2.11. The Hall–Kier alpha value is -1.58. The summed E-state index contributed by atoms with van der Waals surface area (Å²) in [5, 5.41) is 11.5. The number of alkyl halides is 1. The molecule has 14 heavy (non-hydrogen) atoms. The number of hydrogen-bond donors (Lipinski definition) is 2. The number of aromatic carboxylic acids is 1. The maximum atomic E-state index is 12.5. The highest BCUT2D eigenvalue weighted by Gasteiger charge is 2.03. The van der Waals surface area contributed by atoms with Crippen molar-refractivity contribution in [3.05, 3.63) is 29.8 Å². The summed E-state index contributed by atoms with van der Waals surface area (Å²) in [7, 11) is 0. The van der Waals surface area contributed by atoms with Gasteiger partial charge < -0.3 is 10.4 Å². The number of carboxylic acid groups (broad SMARTS) is 1. The summed E-state index contributed by atoms with van der Waals surface area (Å²) in [5.41, 5.74) is 0.816. The molecule has 0 aromatic heterocycles. The fourth-order valence-electron chi connectivity index (χ4n) is 1.02. The van der Waals surface area contributed by atoms with E-state index >= 15 is 0 Å². The summed E-state index contributed by atoms with van der Waals surface area (Å²) in [6.07, 6.45) is -0.955. The molecule has 0 aliphatic rings. The number of halogens is 1. The van der Waals surface area contributed by atoms with E-state index in [0.717, 1.165) is 0 Å². The lowest BCUT2D eigenvalue weighted by molar-refractivity contribution is 0.0697. The van der Waals surface area contributed by atoms with Gasteiger partial charge in [-0.25, -0.2) is 9.18 Å². The molecule has 76 valence electrons. The third kappa shape index (κ3) is 3.05. The normalized spacial score (nSPS) is 12.1. The van der Waals surface area contributed by atoms with Crippen molar-refractivity contribution in [2.45, 2.75) is 13.1 Å². The Kier molecular flexibility index (Phi) is 3.45. The van der Waals surface area contributed by atoms with Crippen molar-refractivity contribution in [3.8, 4) is 0 Å². The predicted octanol–water partition coefficient (Wildman–Crippen LogP) is 2.15. The van der Waals surface area contributed by atoms with Crippen LogP contribution in [0.5, 0.6) is 0 Å². The maximum Gasteiger partial charge on any atom is 0.335 e. The van der Waals surface area contributed by atoms with E-state index in [1.165, 1.54) is 19.1 Å². The smallest absolute Gasteiger partial charge is 0.335 e. The van der Waals surface area contributed by atoms with Gasteiger partial charge in [-0.2, -0.15) is 0 Å². The van der Waals surface area contributed by atoms with Crippen molar-refractivity contribution in [2.75, 3.05) is 11.9 Å². The zero-order chi connectivity index (χ0) is 10.6. The fourth-order valence-corrected chi connectivity index (χ4v) is 1.02. The minimum absolute atomic E-state index is 0.184. The first-order valence-corrected chi connectivity index (χ1v) is 4.31. The lowest BCUT2D eigenvalue weighted by atomic mass is 10.2. The van der Waals surface area contributed by atoms with Crippen molar-refractivity contribution >= 4 is 11.7 Å². The van der Waals surface area contributed by atoms with Gasteiger partial charge in [-0.3, -0.25) is 0 Å². The van der Waals surface area contributed by atoms with Gasteiger partial charge in [0.05, 0.1) is 5.56 Å². The summed E-state index contributed by atoms with van der Waals surface area (Å²) < 4.78 is 12.5. The molecule has 0 saturated heterocycles. The molecule has 1 rings (SSSR count). The number of nitrogens with one attached hydrogen (secondary N) is 1. The van der Waals surface area contributed by atoms with Gasteiger partial charge in [-0.1, -0.05) is 6.07 Å². The molecular weight excluding hydrogens is 185 g/mol. The van der Waals surface area contributed by atoms with Crippen LogP contribution < -0.4 is 5.32 Å². The van der Waals surface area contributed by atoms with Gasteiger partial charge in [-0.15, -0.1) is 0 Å². The van der Waals surface area contributed by atoms with E-state index < -0.39 is 12.1 Å². The highest BCUT2D eigenvalue weighted by Crippen LogP contribution is 2.10. The SMILES string of the molecule is CC(F)CNc1cccc(C(=O)O)c1. The Morgan fingerprint density at radius 1 is 1.64 bits per heavy atom. The van der Waals surface area contributed by atoms with Crippen LogP contribution in [0.25, 0.3) is 0 Å². The van der Waals surface area contributed by atoms with E-state index in [1.807, 2.05) is 0 Å². The van der Waals surface area contributed by atoms with Gasteiger partial charge in [0.25, 0.3) is 0 Å². The Morgan fingerprint density at radius 3 is 2.93 bits per heavy atom. The predicted molar refractivity (Wildman–Crippen MR) is 52.5 cm³/mol. The number of anilines is 1. The van der Waals surface area contributed by atoms with Gasteiger partial charge in [0.15, 0.2) is 0 Å². The van der Waals surface area contributed by atoms with Crippen LogP contribution in [0, 0.1) is 0 Å². The molecule has 2 N–H and O–H groups in total. The minimum atomic E-state index is -0.984. The Bertz CT molecular complexity index is 326. The summed E-state index contributed by atoms with van der Waals surface area (Å²) in [6.45, 7) is 1.62. The average molecular weight is 197 g/mol. The van der Waals surface area contributed by atoms with Crippen LogP contribution in [-0.2, 0) is 0 Å². The molecule has 1 atom stereocenters. The van der Waals surface area contributed by atoms with Crippen LogP contribution >= 0.6 is 0 Å². The first-order valence-electron chi connectivity index (χ1n) is 4.31. The van der Waals surface area contributed by atoms with Crippen molar-refractivity contribution in [2.24, 2.45) is 0 Å². The maximum absolute atomic E-state index is 12.5. The zero-order valence-electron chi connectivity index (χ0n) is 7.83. The number of carbonyl (C=O) groups is 1. The molecule has 1 unspecified atom stereocenters. The van der Waals surface area contributed by atoms with Crippen LogP contribution in [0.3, 0.4) is 0 Å². The second-order valence-electron chi connectivity index (χ2n) is 3.05. The first kappa shape index (κ1) is 10.5. The average Bonchev–Trinajstić information content (AvgIpc) is 2.15. The second-order valence-corrected chi connectivity index (χ2v) is 3.05. The number of hydrogen-bond acceptors (Lipinski definition) is 2. The largest absolute Gasteiger partial charge is 0.478 e. The summed E-state index contributed by atoms with van der Waals surface area (Å²) in [6, 6.07) is 6.29. The van der Waals surface area contributed by atoms with Crippen LogP contribution in [-0.4, -0.2) is 23.8 Å². The van der Waals surface area contributed by atoms with Crippen molar-refractivity contribution in [3.63, 3.8) is 0 Å². The summed E-state index contributed by atoms with van der Waals surface area (Å²) in [5.74, 6) is -0.984. The molecule has 1 aromatic carbocycles. The molecule has 0 aliphatic heterocycles. The van der Waals surface area contributed by atoms with Crippen molar-refractivity contribution < 1.29 is 14.3 Å². The molecule has 0 radical (unpaired) electrons. The molecule has 0 heterocycles. The van der Waals surface area contributed by atoms with Gasteiger partial charge in [0.1, 0.15) is 6.17 Å². The molecule has 0 bridgehead atoms. The quantitative estimate of drug-likeness (QED) is 0.777. The molecule has 4 heteroatoms. The molecular formula is C10H12FNO2. The summed E-state index contributed by atoms with van der Waals surface area (Å²) in [4.78, 5) is 10.6. The fraction of sp³-hybridized carbons (Fsp3) is 0.300. The highest BCUT2D eigenvalue weighted by atomic mass is 19.1. The minimum Gasteiger partial charge on any atom is -0.478 e. The van der Waals surface area contributed by atoms with E-state index in [2.05, 4.69) is 5.32 Å². The first-order chi connectivity index (χ1) is 6.59. The molecule has 3 nitrogen and oxygen atoms in total.